The number of halogens is 1. The van der Waals surface area contributed by atoms with Gasteiger partial charge in [-0.2, -0.15) is 0 Å². The van der Waals surface area contributed by atoms with Gasteiger partial charge in [-0.25, -0.2) is 9.97 Å². The molecule has 0 aliphatic carbocycles. The van der Waals surface area contributed by atoms with E-state index in [1.54, 1.807) is 6.92 Å². The number of aromatic nitrogens is 3. The summed E-state index contributed by atoms with van der Waals surface area (Å²) in [4.78, 5) is 20.5. The lowest BCUT2D eigenvalue weighted by Gasteiger charge is -2.14. The molecule has 0 bridgehead atoms. The Balaban J connectivity index is 0.000000224. The standard InChI is InChI=1S/C18H17NO.C5H6ClN3/c1-3-15-12-14-9-7-8-13(2)17(14)18(20)19(15)16-10-5-4-6-11-16;1-3-8-2-4(6)5(7)9-3/h4-12H,3H2,1-2H3;2H,1H3,(H2,7,8,9). The predicted molar refractivity (Wildman–Crippen MR) is 120 cm³/mol. The fraction of sp³-hybridized carbons (Fsp3) is 0.174. The Kier molecular flexibility index (Phi) is 6.29. The van der Waals surface area contributed by atoms with Crippen LogP contribution in [0, 0.1) is 13.8 Å². The number of pyridine rings is 1. The van der Waals surface area contributed by atoms with E-state index >= 15 is 0 Å². The number of rotatable bonds is 2. The van der Waals surface area contributed by atoms with Crippen LogP contribution in [0.5, 0.6) is 0 Å². The van der Waals surface area contributed by atoms with Crippen LogP contribution in [0.3, 0.4) is 0 Å². The van der Waals surface area contributed by atoms with Crippen molar-refractivity contribution in [3.05, 3.63) is 93.3 Å². The molecule has 0 aliphatic rings. The summed E-state index contributed by atoms with van der Waals surface area (Å²) < 4.78 is 1.83. The molecule has 2 N–H and O–H groups in total. The lowest BCUT2D eigenvalue weighted by atomic mass is 10.1. The first-order chi connectivity index (χ1) is 13.9. The lowest BCUT2D eigenvalue weighted by Crippen LogP contribution is -2.22. The normalized spacial score (nSPS) is 10.5. The third-order valence-electron chi connectivity index (χ3n) is 4.60. The van der Waals surface area contributed by atoms with E-state index in [4.69, 9.17) is 17.3 Å². The van der Waals surface area contributed by atoms with Crippen LogP contribution in [-0.2, 0) is 6.42 Å². The quantitative estimate of drug-likeness (QED) is 0.514. The number of para-hydroxylation sites is 1. The van der Waals surface area contributed by atoms with E-state index in [0.717, 1.165) is 34.1 Å². The minimum Gasteiger partial charge on any atom is -0.382 e. The average Bonchev–Trinajstić information content (AvgIpc) is 2.72. The van der Waals surface area contributed by atoms with Gasteiger partial charge in [-0.05, 0) is 49.4 Å². The fourth-order valence-electron chi connectivity index (χ4n) is 3.18. The largest absolute Gasteiger partial charge is 0.382 e. The summed E-state index contributed by atoms with van der Waals surface area (Å²) >= 11 is 5.53. The zero-order chi connectivity index (χ0) is 21.0. The molecule has 5 nitrogen and oxygen atoms in total. The highest BCUT2D eigenvalue weighted by Crippen LogP contribution is 2.19. The highest BCUT2D eigenvalue weighted by atomic mass is 35.5. The van der Waals surface area contributed by atoms with Crippen molar-refractivity contribution in [2.24, 2.45) is 0 Å². The molecule has 0 spiro atoms. The molecule has 0 unspecified atom stereocenters. The van der Waals surface area contributed by atoms with E-state index in [9.17, 15) is 4.79 Å². The van der Waals surface area contributed by atoms with Gasteiger partial charge < -0.3 is 5.73 Å². The first kappa shape index (κ1) is 20.6. The molecule has 0 fully saturated rings. The molecule has 0 aliphatic heterocycles. The van der Waals surface area contributed by atoms with Crippen LogP contribution in [0.1, 0.15) is 24.0 Å². The molecule has 2 heterocycles. The number of hydrogen-bond acceptors (Lipinski definition) is 4. The molecule has 0 amide bonds. The smallest absolute Gasteiger partial charge is 0.263 e. The second-order valence-corrected chi connectivity index (χ2v) is 7.06. The topological polar surface area (TPSA) is 73.8 Å². The van der Waals surface area contributed by atoms with Crippen molar-refractivity contribution in [2.75, 3.05) is 5.73 Å². The van der Waals surface area contributed by atoms with Gasteiger partial charge in [0.2, 0.25) is 0 Å². The summed E-state index contributed by atoms with van der Waals surface area (Å²) in [6.45, 7) is 5.83. The molecular weight excluding hydrogens is 384 g/mol. The van der Waals surface area contributed by atoms with E-state index in [1.807, 2.05) is 60.0 Å². The number of benzene rings is 2. The Bertz CT molecular complexity index is 1200. The SMILES string of the molecule is CCc1cc2cccc(C)c2c(=O)n1-c1ccccc1.Cc1ncc(Cl)c(N)n1. The molecule has 6 heteroatoms. The molecule has 0 saturated carbocycles. The molecule has 4 rings (SSSR count). The number of anilines is 1. The molecule has 0 atom stereocenters. The van der Waals surface area contributed by atoms with E-state index in [1.165, 1.54) is 6.20 Å². The average molecular weight is 407 g/mol. The van der Waals surface area contributed by atoms with Gasteiger partial charge in [0, 0.05) is 11.4 Å². The number of fused-ring (bicyclic) bond motifs is 1. The van der Waals surface area contributed by atoms with Crippen LogP contribution < -0.4 is 11.3 Å². The van der Waals surface area contributed by atoms with Crippen LogP contribution >= 0.6 is 11.6 Å². The van der Waals surface area contributed by atoms with Crippen molar-refractivity contribution in [3.8, 4) is 5.69 Å². The minimum absolute atomic E-state index is 0.0728. The summed E-state index contributed by atoms with van der Waals surface area (Å²) in [5.74, 6) is 0.973. The number of nitrogens with two attached hydrogens (primary N) is 1. The number of nitrogens with zero attached hydrogens (tertiary/aromatic N) is 3. The van der Waals surface area contributed by atoms with Crippen molar-refractivity contribution in [3.63, 3.8) is 0 Å². The second-order valence-electron chi connectivity index (χ2n) is 6.65. The van der Waals surface area contributed by atoms with Gasteiger partial charge in [-0.15, -0.1) is 0 Å². The fourth-order valence-corrected chi connectivity index (χ4v) is 3.27. The van der Waals surface area contributed by atoms with Gasteiger partial charge >= 0.3 is 0 Å². The highest BCUT2D eigenvalue weighted by Gasteiger charge is 2.11. The molecule has 148 valence electrons. The zero-order valence-corrected chi connectivity index (χ0v) is 17.4. The summed E-state index contributed by atoms with van der Waals surface area (Å²) in [6, 6.07) is 18.0. The van der Waals surface area contributed by atoms with Gasteiger partial charge in [0.15, 0.2) is 0 Å². The van der Waals surface area contributed by atoms with E-state index in [-0.39, 0.29) is 5.56 Å². The van der Waals surface area contributed by atoms with Crippen molar-refractivity contribution >= 4 is 28.2 Å². The maximum Gasteiger partial charge on any atom is 0.263 e. The summed E-state index contributed by atoms with van der Waals surface area (Å²) in [6.07, 6.45) is 2.31. The van der Waals surface area contributed by atoms with Gasteiger partial charge in [0.25, 0.3) is 5.56 Å². The van der Waals surface area contributed by atoms with Crippen molar-refractivity contribution < 1.29 is 0 Å². The van der Waals surface area contributed by atoms with Crippen molar-refractivity contribution in [2.45, 2.75) is 27.2 Å². The van der Waals surface area contributed by atoms with Gasteiger partial charge in [0.1, 0.15) is 16.7 Å². The lowest BCUT2D eigenvalue weighted by molar-refractivity contribution is 0.888. The van der Waals surface area contributed by atoms with Crippen LogP contribution in [0.25, 0.3) is 16.5 Å². The number of aryl methyl sites for hydroxylation is 3. The molecule has 4 aromatic rings. The van der Waals surface area contributed by atoms with Gasteiger partial charge in [0.05, 0.1) is 11.6 Å². The van der Waals surface area contributed by atoms with Crippen LogP contribution in [0.15, 0.2) is 65.6 Å². The number of hydrogen-bond donors (Lipinski definition) is 1. The Morgan fingerprint density at radius 2 is 1.79 bits per heavy atom. The van der Waals surface area contributed by atoms with Crippen molar-refractivity contribution in [1.29, 1.82) is 0 Å². The first-order valence-electron chi connectivity index (χ1n) is 9.36. The minimum atomic E-state index is 0.0728. The summed E-state index contributed by atoms with van der Waals surface area (Å²) in [7, 11) is 0. The number of nitrogen functional groups attached to an aromatic ring is 1. The Morgan fingerprint density at radius 1 is 1.07 bits per heavy atom. The van der Waals surface area contributed by atoms with Crippen molar-refractivity contribution in [1.82, 2.24) is 14.5 Å². The Hall–Kier alpha value is -3.18. The summed E-state index contributed by atoms with van der Waals surface area (Å²) in [5.41, 5.74) is 8.41. The van der Waals surface area contributed by atoms with Gasteiger partial charge in [-0.3, -0.25) is 9.36 Å². The predicted octanol–water partition coefficient (Wildman–Crippen LogP) is 4.88. The monoisotopic (exact) mass is 406 g/mol. The first-order valence-corrected chi connectivity index (χ1v) is 9.74. The zero-order valence-electron chi connectivity index (χ0n) is 16.7. The van der Waals surface area contributed by atoms with Gasteiger partial charge in [-0.1, -0.05) is 54.9 Å². The molecule has 29 heavy (non-hydrogen) atoms. The Labute approximate surface area is 174 Å². The van der Waals surface area contributed by atoms with E-state index in [0.29, 0.717) is 16.7 Å². The summed E-state index contributed by atoms with van der Waals surface area (Å²) in [5, 5.41) is 2.24. The third kappa shape index (κ3) is 4.46. The maximum absolute atomic E-state index is 12.9. The molecule has 0 radical (unpaired) electrons. The van der Waals surface area contributed by atoms with Crippen LogP contribution in [-0.4, -0.2) is 14.5 Å². The van der Waals surface area contributed by atoms with Crippen LogP contribution in [0.2, 0.25) is 5.02 Å². The molecule has 2 aromatic heterocycles. The molecule has 0 saturated heterocycles. The molecular formula is C23H23ClN4O. The highest BCUT2D eigenvalue weighted by molar-refractivity contribution is 6.32. The molecule has 2 aromatic carbocycles. The Morgan fingerprint density at radius 3 is 2.41 bits per heavy atom. The second kappa shape index (κ2) is 8.88. The van der Waals surface area contributed by atoms with E-state index < -0.39 is 0 Å². The van der Waals surface area contributed by atoms with Crippen LogP contribution in [0.4, 0.5) is 5.82 Å². The maximum atomic E-state index is 12.9. The third-order valence-corrected chi connectivity index (χ3v) is 4.89. The van der Waals surface area contributed by atoms with E-state index in [2.05, 4.69) is 23.0 Å².